The summed E-state index contributed by atoms with van der Waals surface area (Å²) in [6.07, 6.45) is -0.422. The summed E-state index contributed by atoms with van der Waals surface area (Å²) in [5, 5.41) is 6.11. The lowest BCUT2D eigenvalue weighted by molar-refractivity contribution is -0.148. The number of benzene rings is 1. The maximum atomic E-state index is 12.3. The first kappa shape index (κ1) is 22.9. The summed E-state index contributed by atoms with van der Waals surface area (Å²) >= 11 is 7.25. The minimum Gasteiger partial charge on any atom is -0.489 e. The van der Waals surface area contributed by atoms with Gasteiger partial charge in [0.15, 0.2) is 0 Å². The standard InChI is InChI=1S/C21H24ClN3O5S/c1-12(26)25(3)14-4-6-16-18(8-14)29-11-17(24-16)19(30-13(2)27)10-23-21(28)9-15-5-7-20(22)31-15/h4-8,17,19,24H,9-11H2,1-3H3,(H,23,28)/t17-,19-/m0/s1. The number of carbonyl (C=O) groups is 3. The SMILES string of the molecule is CC(=O)O[C@@H](CNC(=O)Cc1ccc(Cl)s1)[C@@H]1COc2cc(N(C)C(C)=O)ccc2N1. The average molecular weight is 466 g/mol. The monoisotopic (exact) mass is 465 g/mol. The number of carbonyl (C=O) groups excluding carboxylic acids is 3. The molecule has 31 heavy (non-hydrogen) atoms. The number of hydrogen-bond donors (Lipinski definition) is 2. The van der Waals surface area contributed by atoms with E-state index < -0.39 is 12.1 Å². The lowest BCUT2D eigenvalue weighted by atomic mass is 10.1. The first-order chi connectivity index (χ1) is 14.7. The second-order valence-electron chi connectivity index (χ2n) is 7.15. The molecular formula is C21H24ClN3O5S. The van der Waals surface area contributed by atoms with Gasteiger partial charge in [0.1, 0.15) is 18.5 Å². The van der Waals surface area contributed by atoms with Crippen LogP contribution >= 0.6 is 22.9 Å². The third kappa shape index (κ3) is 6.11. The Morgan fingerprint density at radius 1 is 1.32 bits per heavy atom. The lowest BCUT2D eigenvalue weighted by Crippen LogP contribution is -2.49. The molecule has 166 valence electrons. The summed E-state index contributed by atoms with van der Waals surface area (Å²) in [6, 6.07) is 8.57. The van der Waals surface area contributed by atoms with Gasteiger partial charge in [-0.3, -0.25) is 14.4 Å². The molecular weight excluding hydrogens is 442 g/mol. The van der Waals surface area contributed by atoms with Crippen LogP contribution in [-0.2, 0) is 25.5 Å². The normalized spacial score (nSPS) is 15.7. The van der Waals surface area contributed by atoms with Crippen molar-refractivity contribution in [3.8, 4) is 5.75 Å². The van der Waals surface area contributed by atoms with Crippen molar-refractivity contribution in [3.05, 3.63) is 39.5 Å². The van der Waals surface area contributed by atoms with Gasteiger partial charge in [-0.25, -0.2) is 0 Å². The van der Waals surface area contributed by atoms with Crippen LogP contribution in [0.3, 0.4) is 0 Å². The second kappa shape index (κ2) is 10.0. The Bertz CT molecular complexity index is 980. The van der Waals surface area contributed by atoms with E-state index >= 15 is 0 Å². The molecule has 3 rings (SSSR count). The molecule has 0 aliphatic carbocycles. The van der Waals surface area contributed by atoms with E-state index in [0.29, 0.717) is 21.5 Å². The van der Waals surface area contributed by atoms with Crippen molar-refractivity contribution in [2.75, 3.05) is 30.4 Å². The number of hydrogen-bond acceptors (Lipinski definition) is 7. The Balaban J connectivity index is 1.64. The molecule has 1 aromatic carbocycles. The highest BCUT2D eigenvalue weighted by Crippen LogP contribution is 2.33. The van der Waals surface area contributed by atoms with Crippen LogP contribution in [0.5, 0.6) is 5.75 Å². The molecule has 2 amide bonds. The van der Waals surface area contributed by atoms with Crippen LogP contribution in [-0.4, -0.2) is 50.1 Å². The largest absolute Gasteiger partial charge is 0.489 e. The van der Waals surface area contributed by atoms with Crippen LogP contribution in [0.15, 0.2) is 30.3 Å². The molecule has 1 aromatic heterocycles. The van der Waals surface area contributed by atoms with Crippen molar-refractivity contribution >= 4 is 52.1 Å². The number of thiophene rings is 1. The third-order valence-electron chi connectivity index (χ3n) is 4.81. The van der Waals surface area contributed by atoms with E-state index in [2.05, 4.69) is 10.6 Å². The van der Waals surface area contributed by atoms with E-state index in [0.717, 1.165) is 4.88 Å². The summed E-state index contributed by atoms with van der Waals surface area (Å²) in [5.74, 6) is -0.126. The molecule has 1 aliphatic heterocycles. The smallest absolute Gasteiger partial charge is 0.303 e. The van der Waals surface area contributed by atoms with Crippen LogP contribution in [0.2, 0.25) is 4.34 Å². The Kier molecular flexibility index (Phi) is 7.40. The maximum Gasteiger partial charge on any atom is 0.303 e. The predicted octanol–water partition coefficient (Wildman–Crippen LogP) is 2.85. The lowest BCUT2D eigenvalue weighted by Gasteiger charge is -2.33. The molecule has 1 aliphatic rings. The number of anilines is 2. The highest BCUT2D eigenvalue weighted by atomic mass is 35.5. The number of nitrogens with zero attached hydrogens (tertiary/aromatic N) is 1. The number of esters is 1. The van der Waals surface area contributed by atoms with Crippen LogP contribution in [0.1, 0.15) is 18.7 Å². The molecule has 2 heterocycles. The van der Waals surface area contributed by atoms with Crippen LogP contribution in [0, 0.1) is 0 Å². The fourth-order valence-corrected chi connectivity index (χ4v) is 4.21. The fraction of sp³-hybridized carbons (Fsp3) is 0.381. The van der Waals surface area contributed by atoms with E-state index in [9.17, 15) is 14.4 Å². The molecule has 2 N–H and O–H groups in total. The van der Waals surface area contributed by atoms with E-state index in [1.54, 1.807) is 37.4 Å². The number of fused-ring (bicyclic) bond motifs is 1. The molecule has 0 bridgehead atoms. The maximum absolute atomic E-state index is 12.3. The van der Waals surface area contributed by atoms with E-state index in [4.69, 9.17) is 21.1 Å². The number of nitrogens with one attached hydrogen (secondary N) is 2. The van der Waals surface area contributed by atoms with Gasteiger partial charge >= 0.3 is 5.97 Å². The van der Waals surface area contributed by atoms with Gasteiger partial charge in [-0.15, -0.1) is 11.3 Å². The summed E-state index contributed by atoms with van der Waals surface area (Å²) in [7, 11) is 1.69. The van der Waals surface area contributed by atoms with Crippen molar-refractivity contribution in [1.82, 2.24) is 5.32 Å². The quantitative estimate of drug-likeness (QED) is 0.610. The minimum absolute atomic E-state index is 0.0860. The number of amides is 2. The molecule has 0 fully saturated rings. The van der Waals surface area contributed by atoms with E-state index in [-0.39, 0.29) is 37.4 Å². The molecule has 0 saturated heterocycles. The van der Waals surface area contributed by atoms with Crippen molar-refractivity contribution in [3.63, 3.8) is 0 Å². The van der Waals surface area contributed by atoms with Gasteiger partial charge in [-0.05, 0) is 24.3 Å². The van der Waals surface area contributed by atoms with Gasteiger partial charge in [0.2, 0.25) is 11.8 Å². The van der Waals surface area contributed by atoms with Crippen LogP contribution in [0.25, 0.3) is 0 Å². The van der Waals surface area contributed by atoms with Gasteiger partial charge in [-0.1, -0.05) is 11.6 Å². The summed E-state index contributed by atoms with van der Waals surface area (Å²) in [4.78, 5) is 37.8. The Labute approximate surface area is 189 Å². The molecule has 8 nitrogen and oxygen atoms in total. The van der Waals surface area contributed by atoms with Crippen LogP contribution < -0.4 is 20.3 Å². The summed E-state index contributed by atoms with van der Waals surface area (Å²) < 4.78 is 11.9. The van der Waals surface area contributed by atoms with Gasteiger partial charge < -0.3 is 25.0 Å². The highest BCUT2D eigenvalue weighted by molar-refractivity contribution is 7.16. The number of halogens is 1. The minimum atomic E-state index is -0.624. The van der Waals surface area contributed by atoms with Crippen molar-refractivity contribution in [1.29, 1.82) is 0 Å². The molecule has 0 radical (unpaired) electrons. The fourth-order valence-electron chi connectivity index (χ4n) is 3.12. The second-order valence-corrected chi connectivity index (χ2v) is 8.95. The van der Waals surface area contributed by atoms with Crippen molar-refractivity contribution in [2.45, 2.75) is 32.4 Å². The third-order valence-corrected chi connectivity index (χ3v) is 6.05. The highest BCUT2D eigenvalue weighted by Gasteiger charge is 2.30. The predicted molar refractivity (Wildman–Crippen MR) is 120 cm³/mol. The molecule has 2 atom stereocenters. The Hall–Kier alpha value is -2.78. The topological polar surface area (TPSA) is 97.0 Å². The van der Waals surface area contributed by atoms with E-state index in [1.165, 1.54) is 30.1 Å². The van der Waals surface area contributed by atoms with E-state index in [1.807, 2.05) is 0 Å². The molecule has 0 unspecified atom stereocenters. The number of rotatable bonds is 7. The zero-order valence-corrected chi connectivity index (χ0v) is 19.0. The Morgan fingerprint density at radius 3 is 2.74 bits per heavy atom. The van der Waals surface area contributed by atoms with Crippen LogP contribution in [0.4, 0.5) is 11.4 Å². The van der Waals surface area contributed by atoms with Gasteiger partial charge in [0.25, 0.3) is 0 Å². The molecule has 0 saturated carbocycles. The molecule has 0 spiro atoms. The zero-order chi connectivity index (χ0) is 22.5. The summed E-state index contributed by atoms with van der Waals surface area (Å²) in [5.41, 5.74) is 1.43. The Morgan fingerprint density at radius 2 is 2.10 bits per heavy atom. The number of ether oxygens (including phenoxy) is 2. The summed E-state index contributed by atoms with van der Waals surface area (Å²) in [6.45, 7) is 3.18. The van der Waals surface area contributed by atoms with Gasteiger partial charge in [-0.2, -0.15) is 0 Å². The molecule has 10 heteroatoms. The first-order valence-corrected chi connectivity index (χ1v) is 10.9. The van der Waals surface area contributed by atoms with Gasteiger partial charge in [0.05, 0.1) is 29.0 Å². The molecule has 2 aromatic rings. The van der Waals surface area contributed by atoms with Crippen molar-refractivity contribution < 1.29 is 23.9 Å². The first-order valence-electron chi connectivity index (χ1n) is 9.68. The average Bonchev–Trinajstić information content (AvgIpc) is 3.13. The zero-order valence-electron chi connectivity index (χ0n) is 17.4. The van der Waals surface area contributed by atoms with Gasteiger partial charge in [0, 0.05) is 37.5 Å². The van der Waals surface area contributed by atoms with Crippen molar-refractivity contribution in [2.24, 2.45) is 0 Å².